The zero-order valence-electron chi connectivity index (χ0n) is 33.8. The molecule has 0 spiro atoms. The Balaban J connectivity index is 1.34. The first-order valence-corrected chi connectivity index (χ1v) is 20.7. The Kier molecular flexibility index (Phi) is 13.6. The van der Waals surface area contributed by atoms with E-state index in [9.17, 15) is 38.0 Å². The molecule has 318 valence electrons. The highest BCUT2D eigenvalue weighted by Gasteiger charge is 2.50. The first-order valence-electron chi connectivity index (χ1n) is 20.3. The van der Waals surface area contributed by atoms with Crippen LogP contribution >= 0.6 is 11.6 Å². The van der Waals surface area contributed by atoms with Gasteiger partial charge in [-0.3, -0.25) is 24.0 Å². The summed E-state index contributed by atoms with van der Waals surface area (Å²) in [5, 5.41) is 10.7. The number of rotatable bonds is 7. The third-order valence-corrected chi connectivity index (χ3v) is 12.1. The standard InChI is InChI=1S/C42H53ClFN7O8/c1-24-9-7-10-28(17-24)18-32(47-41(58)46-29-13-14-30(43)31(44)19-29)36(53)48-35-27(4)59-23-42(22-52)20-25(2)21-51(42)38(55)26(3)45-37(54)33-11-5-6-15-49(33)39(56)34-12-8-16-50(34)40(35)57/h7,9-10,13-14,17,19,22,25-27,32-35H,5-6,8,11-12,15-16,18,20-21,23H2,1-4H3,(H,45,54)(H,48,53)(H2,46,47,58)/t25-,26+,27+,32+,33+,34+,35+,42?/m1/s1. The molecule has 6 rings (SSSR count). The van der Waals surface area contributed by atoms with Crippen LogP contribution in [0.25, 0.3) is 0 Å². The van der Waals surface area contributed by atoms with Gasteiger partial charge in [0.05, 0.1) is 17.7 Å². The van der Waals surface area contributed by atoms with Crippen molar-refractivity contribution in [1.82, 2.24) is 30.7 Å². The fourth-order valence-corrected chi connectivity index (χ4v) is 8.90. The Labute approximate surface area is 348 Å². The molecule has 4 aliphatic rings. The number of halogens is 2. The van der Waals surface area contributed by atoms with Crippen LogP contribution in [0.4, 0.5) is 14.9 Å². The molecule has 7 amide bonds. The molecule has 4 N–H and O–H groups in total. The van der Waals surface area contributed by atoms with Gasteiger partial charge in [0, 0.05) is 31.7 Å². The number of hydrogen-bond donors (Lipinski definition) is 4. The molecule has 4 aliphatic heterocycles. The maximum Gasteiger partial charge on any atom is 0.319 e. The van der Waals surface area contributed by atoms with E-state index in [-0.39, 0.29) is 55.7 Å². The number of ether oxygens (including phenoxy) is 1. The van der Waals surface area contributed by atoms with Gasteiger partial charge >= 0.3 is 6.03 Å². The quantitative estimate of drug-likeness (QED) is 0.307. The van der Waals surface area contributed by atoms with Crippen LogP contribution in [0.1, 0.15) is 70.4 Å². The summed E-state index contributed by atoms with van der Waals surface area (Å²) in [5.74, 6) is -3.61. The summed E-state index contributed by atoms with van der Waals surface area (Å²) in [4.78, 5) is 102. The van der Waals surface area contributed by atoms with E-state index in [1.165, 1.54) is 26.8 Å². The van der Waals surface area contributed by atoms with E-state index in [0.717, 1.165) is 11.6 Å². The number of carbonyl (C=O) groups is 7. The average Bonchev–Trinajstić information content (AvgIpc) is 3.84. The fraction of sp³-hybridized carbons (Fsp3) is 0.548. The van der Waals surface area contributed by atoms with Crippen molar-refractivity contribution < 1.29 is 42.7 Å². The summed E-state index contributed by atoms with van der Waals surface area (Å²) in [6.45, 7) is 7.27. The average molecular weight is 838 g/mol. The highest BCUT2D eigenvalue weighted by atomic mass is 35.5. The Morgan fingerprint density at radius 1 is 0.983 bits per heavy atom. The van der Waals surface area contributed by atoms with Gasteiger partial charge in [-0.2, -0.15) is 0 Å². The predicted octanol–water partition coefficient (Wildman–Crippen LogP) is 3.11. The van der Waals surface area contributed by atoms with Crippen LogP contribution in [-0.2, 0) is 39.9 Å². The first kappa shape index (κ1) is 43.5. The first-order chi connectivity index (χ1) is 28.1. The van der Waals surface area contributed by atoms with E-state index < -0.39 is 83.2 Å². The number of fused-ring (bicyclic) bond motifs is 3. The molecular formula is C42H53ClFN7O8. The van der Waals surface area contributed by atoms with E-state index in [1.54, 1.807) is 26.0 Å². The van der Waals surface area contributed by atoms with Crippen LogP contribution < -0.4 is 21.3 Å². The van der Waals surface area contributed by atoms with Crippen molar-refractivity contribution in [3.8, 4) is 0 Å². The summed E-state index contributed by atoms with van der Waals surface area (Å²) in [5.41, 5.74) is 0.252. The van der Waals surface area contributed by atoms with Crippen LogP contribution in [0.5, 0.6) is 0 Å². The second-order valence-corrected chi connectivity index (χ2v) is 16.8. The number of carbonyl (C=O) groups excluding carboxylic acids is 7. The Bertz CT molecular complexity index is 1970. The summed E-state index contributed by atoms with van der Waals surface area (Å²) in [6.07, 6.45) is 2.33. The van der Waals surface area contributed by atoms with Gasteiger partial charge in [-0.15, -0.1) is 0 Å². The van der Waals surface area contributed by atoms with Crippen molar-refractivity contribution in [3.05, 3.63) is 64.4 Å². The molecule has 4 heterocycles. The Hall–Kier alpha value is -5.09. The topological polar surface area (TPSA) is 187 Å². The van der Waals surface area contributed by atoms with Crippen molar-refractivity contribution in [3.63, 3.8) is 0 Å². The molecule has 15 nitrogen and oxygen atoms in total. The lowest BCUT2D eigenvalue weighted by atomic mass is 9.94. The summed E-state index contributed by atoms with van der Waals surface area (Å²) < 4.78 is 20.5. The zero-order valence-corrected chi connectivity index (χ0v) is 34.6. The minimum absolute atomic E-state index is 0.00328. The molecule has 2 aromatic carbocycles. The van der Waals surface area contributed by atoms with E-state index in [0.29, 0.717) is 44.0 Å². The summed E-state index contributed by atoms with van der Waals surface area (Å²) in [6, 6.07) is 4.68. The number of aryl methyl sites for hydroxylation is 1. The SMILES string of the molecule is Cc1cccc(C[C@H](NC(=O)Nc2ccc(Cl)c(F)c2)C(=O)N[C@@H]2C(=O)N3CCC[C@H]3C(=O)N3CCCC[C@H]3C(=O)N[C@@H](C)C(=O)N3C[C@H](C)CC3(C=O)CO[C@H]2C)c1. The van der Waals surface area contributed by atoms with Crippen LogP contribution in [0.3, 0.4) is 0 Å². The van der Waals surface area contributed by atoms with E-state index >= 15 is 0 Å². The van der Waals surface area contributed by atoms with Crippen LogP contribution in [0.15, 0.2) is 42.5 Å². The van der Waals surface area contributed by atoms with Gasteiger partial charge in [0.15, 0.2) is 0 Å². The summed E-state index contributed by atoms with van der Waals surface area (Å²) in [7, 11) is 0. The van der Waals surface area contributed by atoms with E-state index in [1.807, 2.05) is 26.0 Å². The number of piperidine rings is 1. The number of hydrogen-bond acceptors (Lipinski definition) is 8. The maximum atomic E-state index is 14.8. The molecular weight excluding hydrogens is 785 g/mol. The molecule has 4 fully saturated rings. The number of nitrogens with zero attached hydrogens (tertiary/aromatic N) is 3. The van der Waals surface area contributed by atoms with Crippen molar-refractivity contribution in [2.24, 2.45) is 5.92 Å². The zero-order chi connectivity index (χ0) is 42.6. The number of benzene rings is 2. The van der Waals surface area contributed by atoms with Crippen LogP contribution in [0, 0.1) is 18.7 Å². The van der Waals surface area contributed by atoms with Gasteiger partial charge in [-0.05, 0) is 89.0 Å². The number of anilines is 1. The molecule has 0 aromatic heterocycles. The second kappa shape index (κ2) is 18.4. The minimum Gasteiger partial charge on any atom is -0.373 e. The van der Waals surface area contributed by atoms with Crippen molar-refractivity contribution in [2.45, 2.75) is 114 Å². The molecule has 59 heavy (non-hydrogen) atoms. The molecule has 0 saturated carbocycles. The normalized spacial score (nSPS) is 28.5. The number of aldehydes is 1. The van der Waals surface area contributed by atoms with Crippen molar-refractivity contribution >= 4 is 59.1 Å². The number of urea groups is 1. The van der Waals surface area contributed by atoms with Crippen LogP contribution in [-0.4, -0.2) is 125 Å². The minimum atomic E-state index is -1.43. The molecule has 2 aromatic rings. The highest BCUT2D eigenvalue weighted by molar-refractivity contribution is 6.30. The van der Waals surface area contributed by atoms with Crippen LogP contribution in [0.2, 0.25) is 5.02 Å². The Morgan fingerprint density at radius 3 is 2.44 bits per heavy atom. The lowest BCUT2D eigenvalue weighted by Crippen LogP contribution is -2.64. The van der Waals surface area contributed by atoms with Gasteiger partial charge in [-0.1, -0.05) is 48.4 Å². The highest BCUT2D eigenvalue weighted by Crippen LogP contribution is 2.34. The fourth-order valence-electron chi connectivity index (χ4n) is 8.78. The largest absolute Gasteiger partial charge is 0.373 e. The third kappa shape index (κ3) is 9.70. The molecule has 8 atom stereocenters. The molecule has 1 unspecified atom stereocenters. The maximum absolute atomic E-state index is 14.8. The van der Waals surface area contributed by atoms with E-state index in [2.05, 4.69) is 21.3 Å². The van der Waals surface area contributed by atoms with Gasteiger partial charge in [0.2, 0.25) is 29.5 Å². The van der Waals surface area contributed by atoms with Crippen molar-refractivity contribution in [2.75, 3.05) is 31.6 Å². The van der Waals surface area contributed by atoms with Gasteiger partial charge in [0.25, 0.3) is 0 Å². The molecule has 0 bridgehead atoms. The third-order valence-electron chi connectivity index (χ3n) is 11.8. The molecule has 4 saturated heterocycles. The summed E-state index contributed by atoms with van der Waals surface area (Å²) >= 11 is 5.82. The lowest BCUT2D eigenvalue weighted by Gasteiger charge is -2.41. The van der Waals surface area contributed by atoms with E-state index in [4.69, 9.17) is 16.3 Å². The second-order valence-electron chi connectivity index (χ2n) is 16.4. The van der Waals surface area contributed by atoms with Gasteiger partial charge < -0.3 is 45.5 Å². The van der Waals surface area contributed by atoms with Gasteiger partial charge in [-0.25, -0.2) is 9.18 Å². The molecule has 17 heteroatoms. The van der Waals surface area contributed by atoms with Gasteiger partial charge in [0.1, 0.15) is 47.9 Å². The number of nitrogens with one attached hydrogen (secondary N) is 4. The Morgan fingerprint density at radius 2 is 1.71 bits per heavy atom. The predicted molar refractivity (Wildman–Crippen MR) is 216 cm³/mol. The monoisotopic (exact) mass is 837 g/mol. The lowest BCUT2D eigenvalue weighted by molar-refractivity contribution is -0.155. The smallest absolute Gasteiger partial charge is 0.319 e. The molecule has 0 aliphatic carbocycles. The number of amides is 7. The molecule has 0 radical (unpaired) electrons. The van der Waals surface area contributed by atoms with Crippen molar-refractivity contribution in [1.29, 1.82) is 0 Å².